The molecule has 0 aliphatic rings. The summed E-state index contributed by atoms with van der Waals surface area (Å²) in [5, 5.41) is 10.3. The third-order valence-corrected chi connectivity index (χ3v) is 13.7. The van der Waals surface area contributed by atoms with Crippen molar-refractivity contribution in [1.29, 1.82) is 0 Å². The van der Waals surface area contributed by atoms with E-state index in [4.69, 9.17) is 0 Å². The first-order valence-electron chi connectivity index (χ1n) is 21.0. The molecule has 0 fully saturated rings. The molecule has 0 spiro atoms. The number of hydrogen-bond donors (Lipinski definition) is 0. The summed E-state index contributed by atoms with van der Waals surface area (Å²) in [6.07, 6.45) is 0. The Labute approximate surface area is 359 Å². The molecule has 0 aliphatic heterocycles. The Hall–Kier alpha value is -7.58. The molecule has 11 aromatic carbocycles. The first-order valence-corrected chi connectivity index (χ1v) is 21.8. The zero-order valence-corrected chi connectivity index (χ0v) is 34.2. The second-order valence-corrected chi connectivity index (χ2v) is 17.1. The largest absolute Gasteiger partial charge is 0.135 e. The highest BCUT2D eigenvalue weighted by Gasteiger charge is 2.17. The zero-order valence-electron chi connectivity index (χ0n) is 33.3. The zero-order chi connectivity index (χ0) is 40.3. The minimum absolute atomic E-state index is 1.20. The van der Waals surface area contributed by atoms with E-state index < -0.39 is 0 Å². The van der Waals surface area contributed by atoms with E-state index in [2.05, 4.69) is 231 Å². The normalized spacial score (nSPS) is 11.6. The highest BCUT2D eigenvalue weighted by Crippen LogP contribution is 2.46. The Bertz CT molecular complexity index is 3560. The third-order valence-electron chi connectivity index (χ3n) is 12.4. The average molecular weight is 791 g/mol. The Morgan fingerprint density at radius 3 is 1.11 bits per heavy atom. The lowest BCUT2D eigenvalue weighted by Crippen LogP contribution is -1.87. The minimum Gasteiger partial charge on any atom is -0.135 e. The Kier molecular flexibility index (Phi) is 8.47. The molecular weight excluding hydrogens is 753 g/mol. The van der Waals surface area contributed by atoms with Gasteiger partial charge in [0, 0.05) is 25.7 Å². The quantitative estimate of drug-likeness (QED) is 0.147. The molecule has 61 heavy (non-hydrogen) atoms. The van der Waals surface area contributed by atoms with Crippen molar-refractivity contribution in [2.24, 2.45) is 0 Å². The molecule has 0 amide bonds. The van der Waals surface area contributed by atoms with Crippen molar-refractivity contribution >= 4 is 63.8 Å². The molecule has 1 aromatic heterocycles. The van der Waals surface area contributed by atoms with Gasteiger partial charge in [-0.2, -0.15) is 0 Å². The van der Waals surface area contributed by atoms with Gasteiger partial charge in [0.25, 0.3) is 0 Å². The summed E-state index contributed by atoms with van der Waals surface area (Å²) in [5.74, 6) is 0. The van der Waals surface area contributed by atoms with Gasteiger partial charge in [0.15, 0.2) is 0 Å². The maximum Gasteiger partial charge on any atom is 0.0434 e. The van der Waals surface area contributed by atoms with E-state index in [1.165, 1.54) is 119 Å². The summed E-state index contributed by atoms with van der Waals surface area (Å²) in [7, 11) is 0. The van der Waals surface area contributed by atoms with Crippen LogP contribution < -0.4 is 0 Å². The van der Waals surface area contributed by atoms with Crippen LogP contribution in [-0.2, 0) is 0 Å². The van der Waals surface area contributed by atoms with Gasteiger partial charge in [-0.3, -0.25) is 0 Å². The highest BCUT2D eigenvalue weighted by molar-refractivity contribution is 7.26. The summed E-state index contributed by atoms with van der Waals surface area (Å²) in [5.41, 5.74) is 14.6. The van der Waals surface area contributed by atoms with Gasteiger partial charge in [-0.1, -0.05) is 182 Å². The number of hydrogen-bond acceptors (Lipinski definition) is 1. The van der Waals surface area contributed by atoms with Gasteiger partial charge < -0.3 is 0 Å². The second kappa shape index (κ2) is 14.6. The maximum absolute atomic E-state index is 2.44. The Morgan fingerprint density at radius 1 is 0.197 bits per heavy atom. The molecule has 0 atom stereocenters. The van der Waals surface area contributed by atoms with Crippen LogP contribution in [0.15, 0.2) is 231 Å². The van der Waals surface area contributed by atoms with Crippen LogP contribution >= 0.6 is 11.3 Å². The van der Waals surface area contributed by atoms with Crippen LogP contribution in [0.2, 0.25) is 0 Å². The highest BCUT2D eigenvalue weighted by atomic mass is 32.1. The van der Waals surface area contributed by atoms with Crippen LogP contribution in [-0.4, -0.2) is 0 Å². The molecule has 0 aliphatic carbocycles. The first-order chi connectivity index (χ1) is 30.2. The number of thiophene rings is 1. The van der Waals surface area contributed by atoms with E-state index in [0.717, 1.165) is 0 Å². The fourth-order valence-corrected chi connectivity index (χ4v) is 10.6. The fraction of sp³-hybridized carbons (Fsp3) is 0. The molecule has 0 unspecified atom stereocenters. The number of rotatable bonds is 6. The lowest BCUT2D eigenvalue weighted by atomic mass is 9.90. The molecule has 12 aromatic rings. The molecule has 0 saturated heterocycles. The molecule has 0 N–H and O–H groups in total. The van der Waals surface area contributed by atoms with Crippen LogP contribution in [0.5, 0.6) is 0 Å². The van der Waals surface area contributed by atoms with Crippen LogP contribution in [0, 0.1) is 0 Å². The monoisotopic (exact) mass is 790 g/mol. The van der Waals surface area contributed by atoms with Gasteiger partial charge >= 0.3 is 0 Å². The van der Waals surface area contributed by atoms with E-state index in [0.29, 0.717) is 0 Å². The van der Waals surface area contributed by atoms with Gasteiger partial charge in [-0.05, 0) is 142 Å². The van der Waals surface area contributed by atoms with Gasteiger partial charge in [-0.25, -0.2) is 0 Å². The number of benzene rings is 11. The molecule has 0 bridgehead atoms. The molecule has 0 radical (unpaired) electrons. The Morgan fingerprint density at radius 2 is 0.557 bits per heavy atom. The van der Waals surface area contributed by atoms with E-state index in [-0.39, 0.29) is 0 Å². The molecule has 1 heterocycles. The summed E-state index contributed by atoms with van der Waals surface area (Å²) in [6, 6.07) is 85.0. The van der Waals surface area contributed by atoms with E-state index >= 15 is 0 Å². The van der Waals surface area contributed by atoms with Crippen molar-refractivity contribution in [2.45, 2.75) is 0 Å². The standard InChI is InChI=1S/C60H38S/c1-4-14-39(15-5-1)42-24-26-43(27-25-42)47-32-46(40-16-6-2-7-17-40)33-48(34-47)44-29-31-59-57(35-44)58-38-49(41-18-8-3-9-19-41)37-55(60(58)61-59)45-28-30-54-52-22-11-10-20-50(52)51-21-12-13-23-53(51)56(54)36-45/h1-38H. The predicted octanol–water partition coefficient (Wildman–Crippen LogP) is 17.5. The molecule has 12 rings (SSSR count). The predicted molar refractivity (Wildman–Crippen MR) is 264 cm³/mol. The van der Waals surface area contributed by atoms with Crippen LogP contribution in [0.25, 0.3) is 119 Å². The summed E-state index contributed by atoms with van der Waals surface area (Å²) >= 11 is 1.90. The second-order valence-electron chi connectivity index (χ2n) is 16.0. The molecule has 0 nitrogen and oxygen atoms in total. The van der Waals surface area contributed by atoms with Gasteiger partial charge in [-0.15, -0.1) is 11.3 Å². The van der Waals surface area contributed by atoms with Crippen LogP contribution in [0.4, 0.5) is 0 Å². The summed E-state index contributed by atoms with van der Waals surface area (Å²) < 4.78 is 2.60. The van der Waals surface area contributed by atoms with Crippen LogP contribution in [0.1, 0.15) is 0 Å². The average Bonchev–Trinajstić information content (AvgIpc) is 3.72. The van der Waals surface area contributed by atoms with E-state index in [1.807, 2.05) is 11.3 Å². The van der Waals surface area contributed by atoms with Crippen molar-refractivity contribution in [3.63, 3.8) is 0 Å². The Balaban J connectivity index is 1.05. The van der Waals surface area contributed by atoms with Gasteiger partial charge in [0.2, 0.25) is 0 Å². The maximum atomic E-state index is 2.44. The lowest BCUT2D eigenvalue weighted by molar-refractivity contribution is 1.56. The molecule has 284 valence electrons. The van der Waals surface area contributed by atoms with Crippen LogP contribution in [0.3, 0.4) is 0 Å². The smallest absolute Gasteiger partial charge is 0.0434 e. The van der Waals surface area contributed by atoms with Crippen molar-refractivity contribution < 1.29 is 0 Å². The van der Waals surface area contributed by atoms with Gasteiger partial charge in [0.1, 0.15) is 0 Å². The van der Waals surface area contributed by atoms with E-state index in [1.54, 1.807) is 0 Å². The summed E-state index contributed by atoms with van der Waals surface area (Å²) in [4.78, 5) is 0. The third kappa shape index (κ3) is 6.22. The van der Waals surface area contributed by atoms with E-state index in [9.17, 15) is 0 Å². The van der Waals surface area contributed by atoms with Crippen molar-refractivity contribution in [3.8, 4) is 66.8 Å². The number of fused-ring (bicyclic) bond motifs is 9. The molecule has 0 saturated carbocycles. The summed E-state index contributed by atoms with van der Waals surface area (Å²) in [6.45, 7) is 0. The SMILES string of the molecule is c1ccc(-c2ccc(-c3cc(-c4ccccc4)cc(-c4ccc5sc6c(-c7ccc8c9ccccc9c9ccccc9c8c7)cc(-c7ccccc7)cc6c5c4)c3)cc2)cc1. The van der Waals surface area contributed by atoms with Crippen molar-refractivity contribution in [3.05, 3.63) is 231 Å². The minimum atomic E-state index is 1.20. The van der Waals surface area contributed by atoms with Gasteiger partial charge in [0.05, 0.1) is 0 Å². The molecule has 1 heteroatoms. The fourth-order valence-electron chi connectivity index (χ4n) is 9.39. The van der Waals surface area contributed by atoms with Crippen molar-refractivity contribution in [2.75, 3.05) is 0 Å². The lowest BCUT2D eigenvalue weighted by Gasteiger charge is -2.13. The molecular formula is C60H38S. The first kappa shape index (κ1) is 35.4. The van der Waals surface area contributed by atoms with Crippen molar-refractivity contribution in [1.82, 2.24) is 0 Å². The topological polar surface area (TPSA) is 0 Å².